The number of rotatable bonds is 2. The van der Waals surface area contributed by atoms with Gasteiger partial charge in [-0.25, -0.2) is 0 Å². The van der Waals surface area contributed by atoms with Crippen molar-refractivity contribution in [1.29, 1.82) is 0 Å². The molecule has 1 aliphatic heterocycles. The molecule has 1 aromatic heterocycles. The summed E-state index contributed by atoms with van der Waals surface area (Å²) in [6.07, 6.45) is 6.84. The predicted octanol–water partition coefficient (Wildman–Crippen LogP) is 2.29. The summed E-state index contributed by atoms with van der Waals surface area (Å²) >= 11 is 4.27. The van der Waals surface area contributed by atoms with Gasteiger partial charge in [0.1, 0.15) is 0 Å². The fraction of sp³-hybridized carbons (Fsp3) is 0.300. The molecular weight excluding hydrogens is 245 g/mol. The predicted molar refractivity (Wildman–Crippen MR) is 66.5 cm³/mol. The van der Waals surface area contributed by atoms with Crippen molar-refractivity contribution in [3.63, 3.8) is 0 Å². The van der Waals surface area contributed by atoms with Gasteiger partial charge in [0.2, 0.25) is 0 Å². The Labute approximate surface area is 100 Å². The zero-order valence-electron chi connectivity index (χ0n) is 8.77. The standard InChI is InChI=1S/C10H12NO3PS/c1-3-4-12-15(16)13-7-9-5-8(2)6-11-10(9)14-15/h1,5-6,15-16H,4,7H2,2H3. The number of aromatic nitrogens is 1. The van der Waals surface area contributed by atoms with Crippen molar-refractivity contribution in [3.05, 3.63) is 23.4 Å². The van der Waals surface area contributed by atoms with E-state index >= 15 is 0 Å². The van der Waals surface area contributed by atoms with Gasteiger partial charge in [-0.2, -0.15) is 0 Å². The minimum absolute atomic E-state index is 0.122. The Balaban J connectivity index is 2.17. The van der Waals surface area contributed by atoms with E-state index in [1.54, 1.807) is 6.20 Å². The third-order valence-electron chi connectivity index (χ3n) is 2.04. The number of thiol groups is 1. The van der Waals surface area contributed by atoms with Crippen molar-refractivity contribution in [1.82, 2.24) is 4.98 Å². The fourth-order valence-electron chi connectivity index (χ4n) is 1.34. The summed E-state index contributed by atoms with van der Waals surface area (Å²) in [5, 5.41) is 0. The summed E-state index contributed by atoms with van der Waals surface area (Å²) in [7, 11) is -2.94. The molecule has 0 fully saturated rings. The van der Waals surface area contributed by atoms with Crippen LogP contribution in [0, 0.1) is 19.3 Å². The van der Waals surface area contributed by atoms with Crippen LogP contribution in [0.25, 0.3) is 0 Å². The van der Waals surface area contributed by atoms with Gasteiger partial charge in [-0.15, -0.1) is 0 Å². The molecule has 0 saturated carbocycles. The van der Waals surface area contributed by atoms with E-state index in [-0.39, 0.29) is 6.61 Å². The van der Waals surface area contributed by atoms with Gasteiger partial charge in [0.25, 0.3) is 0 Å². The van der Waals surface area contributed by atoms with Crippen LogP contribution >= 0.6 is 19.4 Å². The second kappa shape index (κ2) is 4.60. The molecule has 0 aliphatic carbocycles. The van der Waals surface area contributed by atoms with Gasteiger partial charge < -0.3 is 0 Å². The van der Waals surface area contributed by atoms with Crippen molar-refractivity contribution in [2.24, 2.45) is 0 Å². The van der Waals surface area contributed by atoms with Crippen molar-refractivity contribution in [2.45, 2.75) is 13.5 Å². The van der Waals surface area contributed by atoms with Gasteiger partial charge in [-0.1, -0.05) is 0 Å². The minimum atomic E-state index is -2.94. The summed E-state index contributed by atoms with van der Waals surface area (Å²) in [6, 6.07) is 1.96. The van der Waals surface area contributed by atoms with Gasteiger partial charge in [0, 0.05) is 0 Å². The van der Waals surface area contributed by atoms with E-state index in [2.05, 4.69) is 23.2 Å². The van der Waals surface area contributed by atoms with Gasteiger partial charge in [-0.3, -0.25) is 0 Å². The summed E-state index contributed by atoms with van der Waals surface area (Å²) in [4.78, 5) is 4.17. The van der Waals surface area contributed by atoms with Crippen molar-refractivity contribution in [2.75, 3.05) is 6.61 Å². The van der Waals surface area contributed by atoms with Gasteiger partial charge >= 0.3 is 99.7 Å². The van der Waals surface area contributed by atoms with Gasteiger partial charge in [-0.05, 0) is 0 Å². The number of hydrogen-bond acceptors (Lipinski definition) is 5. The number of hydrogen-bond donors (Lipinski definition) is 1. The molecule has 0 amide bonds. The Kier molecular flexibility index (Phi) is 3.36. The van der Waals surface area contributed by atoms with Crippen LogP contribution in [0.2, 0.25) is 0 Å². The molecule has 0 unspecified atom stereocenters. The molecule has 0 bridgehead atoms. The van der Waals surface area contributed by atoms with Crippen LogP contribution < -0.4 is 4.52 Å². The van der Waals surface area contributed by atoms with Crippen molar-refractivity contribution in [3.8, 4) is 18.2 Å². The number of nitrogens with zero attached hydrogens (tertiary/aromatic N) is 1. The van der Waals surface area contributed by atoms with Crippen LogP contribution in [0.3, 0.4) is 0 Å². The molecule has 1 aromatic rings. The summed E-state index contributed by atoms with van der Waals surface area (Å²) in [5.74, 6) is 2.88. The molecule has 0 atom stereocenters. The zero-order valence-corrected chi connectivity index (χ0v) is 10.7. The molecule has 0 radical (unpaired) electrons. The monoisotopic (exact) mass is 257 g/mol. The second-order valence-electron chi connectivity index (χ2n) is 3.38. The molecule has 16 heavy (non-hydrogen) atoms. The average molecular weight is 257 g/mol. The Morgan fingerprint density at radius 2 is 2.56 bits per heavy atom. The number of terminal acetylenes is 1. The first-order chi connectivity index (χ1) is 7.63. The molecule has 0 saturated heterocycles. The Hall–Kier alpha value is -0.790. The van der Waals surface area contributed by atoms with E-state index in [0.29, 0.717) is 12.5 Å². The zero-order chi connectivity index (χ0) is 11.6. The van der Waals surface area contributed by atoms with Crippen LogP contribution in [-0.2, 0) is 15.7 Å². The second-order valence-corrected chi connectivity index (χ2v) is 6.86. The Bertz CT molecular complexity index is 448. The van der Waals surface area contributed by atoms with E-state index in [9.17, 15) is 0 Å². The number of aryl methyl sites for hydroxylation is 1. The SMILES string of the molecule is C#CCO[PH]1(S)OCc2cc(C)cnc2O1. The molecule has 6 heteroatoms. The maximum absolute atomic E-state index is 5.53. The van der Waals surface area contributed by atoms with Crippen LogP contribution in [0.15, 0.2) is 12.3 Å². The molecular formula is C10H12NO3PS. The van der Waals surface area contributed by atoms with E-state index in [0.717, 1.165) is 11.1 Å². The molecule has 1 aliphatic rings. The van der Waals surface area contributed by atoms with E-state index < -0.39 is 7.15 Å². The molecule has 0 spiro atoms. The average Bonchev–Trinajstić information content (AvgIpc) is 2.27. The van der Waals surface area contributed by atoms with Crippen LogP contribution in [0.1, 0.15) is 11.1 Å². The van der Waals surface area contributed by atoms with Crippen molar-refractivity contribution >= 4 is 19.4 Å². The summed E-state index contributed by atoms with van der Waals surface area (Å²) < 4.78 is 16.3. The Morgan fingerprint density at radius 3 is 3.31 bits per heavy atom. The fourth-order valence-corrected chi connectivity index (χ4v) is 3.22. The summed E-state index contributed by atoms with van der Waals surface area (Å²) in [6.45, 7) is 2.48. The third-order valence-corrected chi connectivity index (χ3v) is 4.55. The first-order valence-corrected chi connectivity index (χ1v) is 7.72. The van der Waals surface area contributed by atoms with Crippen LogP contribution in [0.4, 0.5) is 0 Å². The van der Waals surface area contributed by atoms with Crippen LogP contribution in [0.5, 0.6) is 5.88 Å². The van der Waals surface area contributed by atoms with E-state index in [1.165, 1.54) is 0 Å². The normalized spacial score (nSPS) is 19.1. The molecule has 4 nitrogen and oxygen atoms in total. The number of pyridine rings is 1. The topological polar surface area (TPSA) is 40.6 Å². The third kappa shape index (κ3) is 2.47. The van der Waals surface area contributed by atoms with Crippen molar-refractivity contribution < 1.29 is 13.6 Å². The molecule has 0 aromatic carbocycles. The van der Waals surface area contributed by atoms with E-state index in [1.807, 2.05) is 13.0 Å². The van der Waals surface area contributed by atoms with Gasteiger partial charge in [0.15, 0.2) is 0 Å². The number of fused-ring (bicyclic) bond motifs is 1. The molecule has 2 heterocycles. The quantitative estimate of drug-likeness (QED) is 0.501. The molecule has 86 valence electrons. The first kappa shape index (κ1) is 11.7. The Morgan fingerprint density at radius 1 is 1.75 bits per heavy atom. The van der Waals surface area contributed by atoms with Gasteiger partial charge in [0.05, 0.1) is 0 Å². The van der Waals surface area contributed by atoms with E-state index in [4.69, 9.17) is 20.0 Å². The molecule has 0 N–H and O–H groups in total. The maximum atomic E-state index is 5.53. The molecule has 2 rings (SSSR count). The van der Waals surface area contributed by atoms with Crippen LogP contribution in [-0.4, -0.2) is 11.6 Å². The summed E-state index contributed by atoms with van der Waals surface area (Å²) in [5.41, 5.74) is 1.96. The first-order valence-electron chi connectivity index (χ1n) is 4.71.